The SMILES string of the molecule is Cc1ccc(N2CCCc3cc(C(=O)O)sc32)cc1. The van der Waals surface area contributed by atoms with Gasteiger partial charge in [0, 0.05) is 12.2 Å². The topological polar surface area (TPSA) is 40.5 Å². The molecule has 19 heavy (non-hydrogen) atoms. The van der Waals surface area contributed by atoms with Gasteiger partial charge < -0.3 is 10.0 Å². The van der Waals surface area contributed by atoms with Gasteiger partial charge >= 0.3 is 5.97 Å². The molecule has 2 aromatic rings. The van der Waals surface area contributed by atoms with Gasteiger partial charge in [-0.25, -0.2) is 4.79 Å². The number of fused-ring (bicyclic) bond motifs is 1. The Morgan fingerprint density at radius 3 is 2.74 bits per heavy atom. The number of rotatable bonds is 2. The Hall–Kier alpha value is -1.81. The quantitative estimate of drug-likeness (QED) is 0.903. The van der Waals surface area contributed by atoms with Crippen molar-refractivity contribution in [3.63, 3.8) is 0 Å². The fourth-order valence-corrected chi connectivity index (χ4v) is 3.53. The Bertz CT molecular complexity index is 616. The van der Waals surface area contributed by atoms with Crippen LogP contribution in [0.25, 0.3) is 0 Å². The zero-order chi connectivity index (χ0) is 13.4. The third-order valence-electron chi connectivity index (χ3n) is 3.42. The van der Waals surface area contributed by atoms with Crippen molar-refractivity contribution >= 4 is 28.0 Å². The van der Waals surface area contributed by atoms with Crippen LogP contribution in [0.1, 0.15) is 27.2 Å². The molecule has 0 atom stereocenters. The van der Waals surface area contributed by atoms with Crippen molar-refractivity contribution in [3.8, 4) is 0 Å². The fourth-order valence-electron chi connectivity index (χ4n) is 2.43. The van der Waals surface area contributed by atoms with Crippen LogP contribution in [0, 0.1) is 6.92 Å². The van der Waals surface area contributed by atoms with E-state index in [1.165, 1.54) is 16.9 Å². The maximum absolute atomic E-state index is 11.1. The predicted octanol–water partition coefficient (Wildman–Crippen LogP) is 3.84. The molecular weight excluding hydrogens is 258 g/mol. The van der Waals surface area contributed by atoms with Crippen molar-refractivity contribution in [2.75, 3.05) is 11.4 Å². The summed E-state index contributed by atoms with van der Waals surface area (Å²) in [6, 6.07) is 10.2. The van der Waals surface area contributed by atoms with Gasteiger partial charge in [0.15, 0.2) is 0 Å². The number of benzene rings is 1. The van der Waals surface area contributed by atoms with Crippen molar-refractivity contribution in [2.45, 2.75) is 19.8 Å². The first-order chi connectivity index (χ1) is 9.15. The summed E-state index contributed by atoms with van der Waals surface area (Å²) in [7, 11) is 0. The molecule has 0 spiro atoms. The van der Waals surface area contributed by atoms with E-state index in [1.54, 1.807) is 0 Å². The van der Waals surface area contributed by atoms with E-state index >= 15 is 0 Å². The number of hydrogen-bond donors (Lipinski definition) is 1. The summed E-state index contributed by atoms with van der Waals surface area (Å²) >= 11 is 1.38. The summed E-state index contributed by atoms with van der Waals surface area (Å²) in [4.78, 5) is 13.8. The lowest BCUT2D eigenvalue weighted by Gasteiger charge is -2.28. The van der Waals surface area contributed by atoms with E-state index in [2.05, 4.69) is 36.1 Å². The molecule has 1 N–H and O–H groups in total. The lowest BCUT2D eigenvalue weighted by atomic mass is 10.1. The second kappa shape index (κ2) is 4.70. The van der Waals surface area contributed by atoms with Gasteiger partial charge in [-0.15, -0.1) is 11.3 Å². The summed E-state index contributed by atoms with van der Waals surface area (Å²) < 4.78 is 0. The summed E-state index contributed by atoms with van der Waals surface area (Å²) in [5, 5.41) is 10.2. The first kappa shape index (κ1) is 12.2. The van der Waals surface area contributed by atoms with Gasteiger partial charge in [-0.05, 0) is 43.5 Å². The van der Waals surface area contributed by atoms with Gasteiger partial charge in [0.25, 0.3) is 0 Å². The Morgan fingerprint density at radius 2 is 2.05 bits per heavy atom. The first-order valence-electron chi connectivity index (χ1n) is 6.35. The molecule has 0 radical (unpaired) electrons. The van der Waals surface area contributed by atoms with Gasteiger partial charge in [0.1, 0.15) is 4.88 Å². The van der Waals surface area contributed by atoms with Crippen LogP contribution >= 0.6 is 11.3 Å². The zero-order valence-electron chi connectivity index (χ0n) is 10.7. The van der Waals surface area contributed by atoms with Gasteiger partial charge in [-0.1, -0.05) is 17.7 Å². The predicted molar refractivity (Wildman–Crippen MR) is 77.8 cm³/mol. The number of hydrogen-bond acceptors (Lipinski definition) is 3. The maximum Gasteiger partial charge on any atom is 0.345 e. The molecule has 1 aliphatic rings. The maximum atomic E-state index is 11.1. The molecule has 0 fully saturated rings. The molecule has 2 heterocycles. The minimum atomic E-state index is -0.830. The van der Waals surface area contributed by atoms with Crippen molar-refractivity contribution < 1.29 is 9.90 Å². The molecule has 0 saturated heterocycles. The smallest absolute Gasteiger partial charge is 0.345 e. The van der Waals surface area contributed by atoms with Crippen LogP contribution in [0.5, 0.6) is 0 Å². The molecule has 4 heteroatoms. The van der Waals surface area contributed by atoms with Gasteiger partial charge in [-0.2, -0.15) is 0 Å². The molecule has 0 unspecified atom stereocenters. The number of thiophene rings is 1. The second-order valence-corrected chi connectivity index (χ2v) is 5.87. The highest BCUT2D eigenvalue weighted by Gasteiger charge is 2.23. The Kier molecular flexibility index (Phi) is 3.03. The van der Waals surface area contributed by atoms with Crippen LogP contribution in [-0.4, -0.2) is 17.6 Å². The number of carboxylic acid groups (broad SMARTS) is 1. The van der Waals surface area contributed by atoms with Crippen molar-refractivity contribution in [1.29, 1.82) is 0 Å². The molecule has 3 nitrogen and oxygen atoms in total. The Labute approximate surface area is 116 Å². The van der Waals surface area contributed by atoms with E-state index in [9.17, 15) is 4.79 Å². The monoisotopic (exact) mass is 273 g/mol. The molecule has 1 aromatic heterocycles. The molecular formula is C15H15NO2S. The van der Waals surface area contributed by atoms with E-state index in [-0.39, 0.29) is 0 Å². The summed E-state index contributed by atoms with van der Waals surface area (Å²) in [5.74, 6) is -0.830. The number of aromatic carboxylic acids is 1. The van der Waals surface area contributed by atoms with Crippen molar-refractivity contribution in [3.05, 3.63) is 46.3 Å². The first-order valence-corrected chi connectivity index (χ1v) is 7.17. The lowest BCUT2D eigenvalue weighted by molar-refractivity contribution is 0.0702. The van der Waals surface area contributed by atoms with E-state index in [0.29, 0.717) is 4.88 Å². The highest BCUT2D eigenvalue weighted by atomic mass is 32.1. The lowest BCUT2D eigenvalue weighted by Crippen LogP contribution is -2.22. The number of aryl methyl sites for hydroxylation is 2. The average Bonchev–Trinajstić information content (AvgIpc) is 2.83. The summed E-state index contributed by atoms with van der Waals surface area (Å²) in [5.41, 5.74) is 3.54. The van der Waals surface area contributed by atoms with Crippen molar-refractivity contribution in [2.24, 2.45) is 0 Å². The number of carboxylic acids is 1. The molecule has 0 amide bonds. The highest BCUT2D eigenvalue weighted by Crippen LogP contribution is 2.40. The van der Waals surface area contributed by atoms with E-state index in [1.807, 2.05) is 6.07 Å². The van der Waals surface area contributed by atoms with Crippen LogP contribution in [0.2, 0.25) is 0 Å². The van der Waals surface area contributed by atoms with Crippen LogP contribution < -0.4 is 4.90 Å². The van der Waals surface area contributed by atoms with Crippen LogP contribution in [0.3, 0.4) is 0 Å². The molecule has 0 aliphatic carbocycles. The average molecular weight is 273 g/mol. The molecule has 3 rings (SSSR count). The van der Waals surface area contributed by atoms with Gasteiger partial charge in [-0.3, -0.25) is 0 Å². The highest BCUT2D eigenvalue weighted by molar-refractivity contribution is 7.18. The van der Waals surface area contributed by atoms with Crippen LogP contribution in [0.15, 0.2) is 30.3 Å². The Morgan fingerprint density at radius 1 is 1.32 bits per heavy atom. The van der Waals surface area contributed by atoms with E-state index in [0.717, 1.165) is 35.6 Å². The molecule has 0 bridgehead atoms. The summed E-state index contributed by atoms with van der Waals surface area (Å²) in [6.07, 6.45) is 2.04. The number of carbonyl (C=O) groups is 1. The van der Waals surface area contributed by atoms with E-state index < -0.39 is 5.97 Å². The van der Waals surface area contributed by atoms with Gasteiger partial charge in [0.2, 0.25) is 0 Å². The molecule has 1 aromatic carbocycles. The zero-order valence-corrected chi connectivity index (χ0v) is 11.5. The third-order valence-corrected chi connectivity index (χ3v) is 4.60. The normalized spacial score (nSPS) is 14.3. The number of anilines is 2. The standard InChI is InChI=1S/C15H15NO2S/c1-10-4-6-12(7-5-10)16-8-2-3-11-9-13(15(17)18)19-14(11)16/h4-7,9H,2-3,8H2,1H3,(H,17,18). The summed E-state index contributed by atoms with van der Waals surface area (Å²) in [6.45, 7) is 3.02. The molecule has 1 aliphatic heterocycles. The van der Waals surface area contributed by atoms with E-state index in [4.69, 9.17) is 5.11 Å². The fraction of sp³-hybridized carbons (Fsp3) is 0.267. The van der Waals surface area contributed by atoms with Crippen LogP contribution in [0.4, 0.5) is 10.7 Å². The number of nitrogens with zero attached hydrogens (tertiary/aromatic N) is 1. The third kappa shape index (κ3) is 2.24. The van der Waals surface area contributed by atoms with Crippen molar-refractivity contribution in [1.82, 2.24) is 0 Å². The van der Waals surface area contributed by atoms with Gasteiger partial charge in [0.05, 0.1) is 5.00 Å². The minimum absolute atomic E-state index is 0.434. The Balaban J connectivity index is 2.02. The van der Waals surface area contributed by atoms with Crippen LogP contribution in [-0.2, 0) is 6.42 Å². The molecule has 98 valence electrons. The molecule has 0 saturated carbocycles. The largest absolute Gasteiger partial charge is 0.477 e. The second-order valence-electron chi connectivity index (χ2n) is 4.84. The minimum Gasteiger partial charge on any atom is -0.477 e.